The number of pyridine rings is 1. The van der Waals surface area contributed by atoms with Gasteiger partial charge in [-0.25, -0.2) is 4.98 Å². The maximum Gasteiger partial charge on any atom is 0.234 e. The Morgan fingerprint density at radius 3 is 2.67 bits per heavy atom. The molecule has 0 bridgehead atoms. The number of carbonyl (C=O) groups excluding carboxylic acids is 2. The fourth-order valence-corrected chi connectivity index (χ4v) is 5.35. The van der Waals surface area contributed by atoms with Gasteiger partial charge < -0.3 is 4.90 Å². The minimum Gasteiger partial charge on any atom is -0.312 e. The number of carbonyl (C=O) groups is 2. The normalized spacial score (nSPS) is 15.9. The molecule has 6 nitrogen and oxygen atoms in total. The van der Waals surface area contributed by atoms with Gasteiger partial charge in [0.1, 0.15) is 0 Å². The number of hydrogen-bond acceptors (Lipinski definition) is 5. The van der Waals surface area contributed by atoms with Crippen molar-refractivity contribution in [3.63, 3.8) is 0 Å². The van der Waals surface area contributed by atoms with E-state index in [-0.39, 0.29) is 18.2 Å². The van der Waals surface area contributed by atoms with E-state index in [9.17, 15) is 9.59 Å². The summed E-state index contributed by atoms with van der Waals surface area (Å²) in [6.07, 6.45) is 1.91. The van der Waals surface area contributed by atoms with Crippen LogP contribution in [-0.2, 0) is 16.1 Å². The van der Waals surface area contributed by atoms with Gasteiger partial charge in [-0.3, -0.25) is 19.5 Å². The van der Waals surface area contributed by atoms with Crippen LogP contribution in [0.15, 0.2) is 66.9 Å². The average Bonchev–Trinajstić information content (AvgIpc) is 3.42. The molecule has 33 heavy (non-hydrogen) atoms. The van der Waals surface area contributed by atoms with E-state index in [1.165, 1.54) is 11.3 Å². The van der Waals surface area contributed by atoms with Crippen molar-refractivity contribution < 1.29 is 9.59 Å². The molecule has 0 aliphatic carbocycles. The highest BCUT2D eigenvalue weighted by atomic mass is 32.1. The van der Waals surface area contributed by atoms with E-state index in [0.717, 1.165) is 32.7 Å². The number of para-hydroxylation sites is 1. The van der Waals surface area contributed by atoms with Gasteiger partial charge >= 0.3 is 0 Å². The molecule has 7 heteroatoms. The lowest BCUT2D eigenvalue weighted by Crippen LogP contribution is -2.37. The van der Waals surface area contributed by atoms with Gasteiger partial charge in [-0.15, -0.1) is 0 Å². The van der Waals surface area contributed by atoms with Crippen molar-refractivity contribution in [3.05, 3.63) is 83.7 Å². The largest absolute Gasteiger partial charge is 0.312 e. The van der Waals surface area contributed by atoms with Crippen LogP contribution in [0.2, 0.25) is 0 Å². The second kappa shape index (κ2) is 8.75. The van der Waals surface area contributed by atoms with Gasteiger partial charge in [-0.05, 0) is 55.3 Å². The predicted octanol–water partition coefficient (Wildman–Crippen LogP) is 4.89. The number of rotatable bonds is 5. The van der Waals surface area contributed by atoms with Crippen molar-refractivity contribution in [1.82, 2.24) is 9.97 Å². The molecule has 1 atom stereocenters. The van der Waals surface area contributed by atoms with Gasteiger partial charge in [0.2, 0.25) is 11.8 Å². The van der Waals surface area contributed by atoms with E-state index >= 15 is 0 Å². The van der Waals surface area contributed by atoms with Crippen LogP contribution in [0.4, 0.5) is 10.8 Å². The Bertz CT molecular complexity index is 1320. The summed E-state index contributed by atoms with van der Waals surface area (Å²) in [6.45, 7) is 4.79. The molecule has 0 saturated carbocycles. The van der Waals surface area contributed by atoms with Gasteiger partial charge in [-0.1, -0.05) is 41.7 Å². The van der Waals surface area contributed by atoms with Crippen LogP contribution in [0.3, 0.4) is 0 Å². The molecule has 0 spiro atoms. The van der Waals surface area contributed by atoms with Crippen LogP contribution in [0, 0.1) is 19.8 Å². The molecule has 1 aliphatic heterocycles. The summed E-state index contributed by atoms with van der Waals surface area (Å²) in [5.41, 5.74) is 4.77. The number of thiazole rings is 1. The van der Waals surface area contributed by atoms with Crippen molar-refractivity contribution in [2.75, 3.05) is 16.3 Å². The third-order valence-corrected chi connectivity index (χ3v) is 7.12. The Hall–Kier alpha value is -3.58. The van der Waals surface area contributed by atoms with Crippen molar-refractivity contribution in [1.29, 1.82) is 0 Å². The number of hydrogen-bond donors (Lipinski definition) is 0. The Balaban J connectivity index is 1.49. The fraction of sp³-hybridized carbons (Fsp3) is 0.231. The second-order valence-electron chi connectivity index (χ2n) is 8.41. The lowest BCUT2D eigenvalue weighted by Gasteiger charge is -2.23. The molecule has 1 unspecified atom stereocenters. The SMILES string of the molecule is Cc1cc(C)c2sc(N(Cc3ccccn3)C(=O)C3CC(=O)N(c4ccccc4)C3)nc2c1. The van der Waals surface area contributed by atoms with Crippen LogP contribution < -0.4 is 9.80 Å². The Kier molecular flexibility index (Phi) is 5.64. The molecule has 1 fully saturated rings. The van der Waals surface area contributed by atoms with Crippen LogP contribution >= 0.6 is 11.3 Å². The quantitative estimate of drug-likeness (QED) is 0.429. The molecule has 1 saturated heterocycles. The lowest BCUT2D eigenvalue weighted by molar-refractivity contribution is -0.124. The summed E-state index contributed by atoms with van der Waals surface area (Å²) in [5, 5.41) is 0.639. The van der Waals surface area contributed by atoms with Gasteiger partial charge in [0, 0.05) is 24.8 Å². The molecule has 166 valence electrons. The predicted molar refractivity (Wildman–Crippen MR) is 131 cm³/mol. The molecule has 0 radical (unpaired) electrons. The first-order valence-corrected chi connectivity index (χ1v) is 11.8. The Morgan fingerprint density at radius 2 is 1.91 bits per heavy atom. The minimum atomic E-state index is -0.434. The average molecular weight is 457 g/mol. The molecular formula is C26H24N4O2S. The first-order valence-electron chi connectivity index (χ1n) is 10.9. The summed E-state index contributed by atoms with van der Waals surface area (Å²) in [7, 11) is 0. The van der Waals surface area contributed by atoms with E-state index in [4.69, 9.17) is 4.98 Å². The summed E-state index contributed by atoms with van der Waals surface area (Å²) >= 11 is 1.51. The smallest absolute Gasteiger partial charge is 0.234 e. The molecule has 1 aliphatic rings. The summed E-state index contributed by atoms with van der Waals surface area (Å²) in [5.74, 6) is -0.565. The number of amides is 2. The molecule has 2 amide bonds. The number of aryl methyl sites for hydroxylation is 2. The number of aromatic nitrogens is 2. The van der Waals surface area contributed by atoms with E-state index < -0.39 is 5.92 Å². The van der Waals surface area contributed by atoms with Gasteiger partial charge in [0.05, 0.1) is 28.4 Å². The molecule has 4 aromatic rings. The van der Waals surface area contributed by atoms with Crippen molar-refractivity contribution in [2.45, 2.75) is 26.8 Å². The topological polar surface area (TPSA) is 66.4 Å². The van der Waals surface area contributed by atoms with Gasteiger partial charge in [0.15, 0.2) is 5.13 Å². The summed E-state index contributed by atoms with van der Waals surface area (Å²) in [4.78, 5) is 39.2. The third kappa shape index (κ3) is 4.24. The van der Waals surface area contributed by atoms with Crippen molar-refractivity contribution >= 4 is 44.2 Å². The van der Waals surface area contributed by atoms with Gasteiger partial charge in [-0.2, -0.15) is 0 Å². The molecule has 3 heterocycles. The zero-order valence-electron chi connectivity index (χ0n) is 18.6. The van der Waals surface area contributed by atoms with Crippen LogP contribution in [0.25, 0.3) is 10.2 Å². The lowest BCUT2D eigenvalue weighted by atomic mass is 10.1. The zero-order chi connectivity index (χ0) is 22.9. The standard InChI is InChI=1S/C26H24N4O2S/c1-17-12-18(2)24-22(13-17)28-26(33-24)30(16-20-8-6-7-11-27-20)25(32)19-14-23(31)29(15-19)21-9-4-3-5-10-21/h3-13,19H,14-16H2,1-2H3. The summed E-state index contributed by atoms with van der Waals surface area (Å²) in [6, 6.07) is 19.3. The van der Waals surface area contributed by atoms with Crippen LogP contribution in [0.5, 0.6) is 0 Å². The summed E-state index contributed by atoms with van der Waals surface area (Å²) < 4.78 is 1.07. The molecule has 2 aromatic carbocycles. The van der Waals surface area contributed by atoms with E-state index in [0.29, 0.717) is 18.2 Å². The van der Waals surface area contributed by atoms with E-state index in [1.807, 2.05) is 61.5 Å². The highest BCUT2D eigenvalue weighted by Crippen LogP contribution is 2.35. The highest BCUT2D eigenvalue weighted by molar-refractivity contribution is 7.22. The highest BCUT2D eigenvalue weighted by Gasteiger charge is 2.38. The third-order valence-electron chi connectivity index (χ3n) is 5.89. The van der Waals surface area contributed by atoms with Gasteiger partial charge in [0.25, 0.3) is 0 Å². The molecule has 0 N–H and O–H groups in total. The number of fused-ring (bicyclic) bond motifs is 1. The van der Waals surface area contributed by atoms with E-state index in [1.54, 1.807) is 16.0 Å². The van der Waals surface area contributed by atoms with Crippen LogP contribution in [-0.4, -0.2) is 28.3 Å². The Labute approximate surface area is 196 Å². The Morgan fingerprint density at radius 1 is 1.12 bits per heavy atom. The van der Waals surface area contributed by atoms with E-state index in [2.05, 4.69) is 18.0 Å². The second-order valence-corrected chi connectivity index (χ2v) is 9.39. The number of anilines is 2. The monoisotopic (exact) mass is 456 g/mol. The molecule has 5 rings (SSSR count). The minimum absolute atomic E-state index is 0.0342. The first-order chi connectivity index (χ1) is 16.0. The van der Waals surface area contributed by atoms with Crippen molar-refractivity contribution in [3.8, 4) is 0 Å². The zero-order valence-corrected chi connectivity index (χ0v) is 19.4. The number of benzene rings is 2. The van der Waals surface area contributed by atoms with Crippen LogP contribution in [0.1, 0.15) is 23.2 Å². The molecular weight excluding hydrogens is 432 g/mol. The molecule has 2 aromatic heterocycles. The fourth-order valence-electron chi connectivity index (χ4n) is 4.32. The van der Waals surface area contributed by atoms with Crippen molar-refractivity contribution in [2.24, 2.45) is 5.92 Å². The number of nitrogens with zero attached hydrogens (tertiary/aromatic N) is 4. The first kappa shape index (κ1) is 21.3. The maximum atomic E-state index is 13.8. The maximum absolute atomic E-state index is 13.8.